The minimum atomic E-state index is -1.64. The maximum atomic E-state index is 11.9. The van der Waals surface area contributed by atoms with Crippen LogP contribution in [-0.2, 0) is 5.41 Å². The van der Waals surface area contributed by atoms with Gasteiger partial charge in [0.25, 0.3) is 6.71 Å². The van der Waals surface area contributed by atoms with Crippen molar-refractivity contribution >= 4 is 132 Å². The van der Waals surface area contributed by atoms with Gasteiger partial charge in [-0.3, -0.25) is 0 Å². The lowest BCUT2D eigenvalue weighted by Gasteiger charge is -2.38. The van der Waals surface area contributed by atoms with Crippen molar-refractivity contribution in [2.75, 3.05) is 0 Å². The van der Waals surface area contributed by atoms with Gasteiger partial charge in [-0.1, -0.05) is 312 Å². The van der Waals surface area contributed by atoms with Crippen LogP contribution < -0.4 is 16.4 Å². The molecule has 2 aliphatic rings. The second kappa shape index (κ2) is 21.6. The van der Waals surface area contributed by atoms with Crippen molar-refractivity contribution in [3.05, 3.63) is 339 Å². The number of fused-ring (bicyclic) bond motifs is 21. The summed E-state index contributed by atoms with van der Waals surface area (Å²) >= 11 is 0. The largest absolute Gasteiger partial charge is 0.310 e. The molecule has 4 heteroatoms. The van der Waals surface area contributed by atoms with Gasteiger partial charge in [-0.05, 0) is 146 Å². The van der Waals surface area contributed by atoms with Gasteiger partial charge >= 0.3 is 0 Å². The van der Waals surface area contributed by atoms with Crippen LogP contribution in [0.25, 0.3) is 170 Å². The summed E-state index contributed by atoms with van der Waals surface area (Å²) in [5.74, 6) is 0. The summed E-state index contributed by atoms with van der Waals surface area (Å²) in [5.41, 5.74) is 2.40. The Morgan fingerprint density at radius 2 is 0.704 bits per heavy atom. The molecule has 0 saturated carbocycles. The summed E-state index contributed by atoms with van der Waals surface area (Å²) in [4.78, 5) is 0. The van der Waals surface area contributed by atoms with E-state index in [0.29, 0.717) is 76.4 Å². The monoisotopic (exact) mass is 1260 g/mol. The standard InChI is InChI=1S/C94H64BN3/c1-94(2,3)65-57-86-89-87(58-65)98-91-67(61-32-11-6-12-33-61)47-27-49-79(91)73-41-17-14-38-70(73)71-39-19-20-45-77(71)88-85(96-83-50-23-21-43-75(83)76-44-22-24-51-84(76)96)53-52-81(93(88)98)95(89)82-56-64(63-35-25-34-62(54-63)59-28-7-4-8-29-59)55-80-74-42-18-15-37-69(74)68-36-13-16-40-72(68)78-48-26-46-66(60-30-9-5-10-31-60)90(78)97(86)92(80)82/h4-58H,1-3H3/i21D,22D,23D,24D,25D,34D,35D,43D,44D,50D,51D,52D,53D,54D,55D,56D,57D,58D. The fourth-order valence-corrected chi connectivity index (χ4v) is 15.6. The van der Waals surface area contributed by atoms with Crippen LogP contribution >= 0.6 is 0 Å². The van der Waals surface area contributed by atoms with Gasteiger partial charge < -0.3 is 13.7 Å². The van der Waals surface area contributed by atoms with E-state index in [-0.39, 0.29) is 117 Å². The Balaban J connectivity index is 1.19. The third-order valence-corrected chi connectivity index (χ3v) is 19.8. The number of benzene rings is 15. The molecule has 0 N–H and O–H groups in total. The first-order valence-electron chi connectivity index (χ1n) is 41.9. The van der Waals surface area contributed by atoms with Crippen molar-refractivity contribution < 1.29 is 24.7 Å². The fourth-order valence-electron chi connectivity index (χ4n) is 15.6. The molecule has 3 aromatic heterocycles. The van der Waals surface area contributed by atoms with Crippen molar-refractivity contribution in [2.24, 2.45) is 0 Å². The van der Waals surface area contributed by atoms with Gasteiger partial charge in [0.15, 0.2) is 0 Å². The van der Waals surface area contributed by atoms with E-state index in [1.807, 2.05) is 224 Å². The number of rotatable bonds is 5. The van der Waals surface area contributed by atoms with Crippen LogP contribution in [0.3, 0.4) is 0 Å². The average molecular weight is 1260 g/mol. The Morgan fingerprint density at radius 1 is 0.276 bits per heavy atom. The zero-order valence-electron chi connectivity index (χ0n) is 71.3. The molecule has 0 atom stereocenters. The third kappa shape index (κ3) is 8.31. The zero-order chi connectivity index (χ0) is 80.6. The number of para-hydroxylation sites is 4. The first-order valence-corrected chi connectivity index (χ1v) is 32.9. The van der Waals surface area contributed by atoms with E-state index in [2.05, 4.69) is 0 Å². The predicted octanol–water partition coefficient (Wildman–Crippen LogP) is 22.9. The van der Waals surface area contributed by atoms with Gasteiger partial charge in [0.1, 0.15) is 0 Å². The smallest absolute Gasteiger partial charge is 0.252 e. The third-order valence-electron chi connectivity index (χ3n) is 19.8. The molecule has 0 aliphatic carbocycles. The summed E-state index contributed by atoms with van der Waals surface area (Å²) in [6, 6.07) is 61.1. The highest BCUT2D eigenvalue weighted by molar-refractivity contribution is 7.00. The average Bonchev–Trinajstić information content (AvgIpc) is 0.979. The Bertz CT molecular complexity index is 7640. The lowest BCUT2D eigenvalue weighted by molar-refractivity contribution is 0.589. The molecule has 18 aromatic rings. The highest BCUT2D eigenvalue weighted by atomic mass is 15.0. The maximum Gasteiger partial charge on any atom is 0.252 e. The van der Waals surface area contributed by atoms with Gasteiger partial charge in [-0.2, -0.15) is 0 Å². The highest BCUT2D eigenvalue weighted by Crippen LogP contribution is 2.47. The molecule has 0 spiro atoms. The quantitative estimate of drug-likeness (QED) is 0.153. The van der Waals surface area contributed by atoms with Crippen LogP contribution in [0.2, 0.25) is 0 Å². The van der Waals surface area contributed by atoms with Crippen molar-refractivity contribution in [3.8, 4) is 61.6 Å². The Hall–Kier alpha value is -12.2. The number of hydrogen-bond acceptors (Lipinski definition) is 0. The molecule has 0 fully saturated rings. The van der Waals surface area contributed by atoms with E-state index < -0.39 is 103 Å². The van der Waals surface area contributed by atoms with E-state index >= 15 is 0 Å². The lowest BCUT2D eigenvalue weighted by atomic mass is 9.34. The molecule has 0 radical (unpaired) electrons. The molecule has 15 aromatic carbocycles. The molecule has 3 nitrogen and oxygen atoms in total. The molecule has 458 valence electrons. The fraction of sp³-hybridized carbons (Fsp3) is 0.0426. The van der Waals surface area contributed by atoms with Gasteiger partial charge in [0.2, 0.25) is 0 Å². The summed E-state index contributed by atoms with van der Waals surface area (Å²) in [6.07, 6.45) is 0. The summed E-state index contributed by atoms with van der Waals surface area (Å²) in [7, 11) is 0. The van der Waals surface area contributed by atoms with Crippen LogP contribution in [0.4, 0.5) is 0 Å². The van der Waals surface area contributed by atoms with Crippen molar-refractivity contribution in [1.82, 2.24) is 13.7 Å². The van der Waals surface area contributed by atoms with Crippen molar-refractivity contribution in [1.29, 1.82) is 0 Å². The Morgan fingerprint density at radius 3 is 1.22 bits per heavy atom. The van der Waals surface area contributed by atoms with E-state index in [0.717, 1.165) is 16.3 Å². The topological polar surface area (TPSA) is 14.8 Å². The zero-order valence-corrected chi connectivity index (χ0v) is 53.3. The molecule has 2 aliphatic heterocycles. The summed E-state index contributed by atoms with van der Waals surface area (Å²) in [6.45, 7) is 4.19. The van der Waals surface area contributed by atoms with Crippen LogP contribution in [0, 0.1) is 0 Å². The van der Waals surface area contributed by atoms with E-state index in [4.69, 9.17) is 0 Å². The predicted molar refractivity (Wildman–Crippen MR) is 420 cm³/mol. The molecule has 5 heterocycles. The van der Waals surface area contributed by atoms with Crippen LogP contribution in [0.15, 0.2) is 333 Å². The summed E-state index contributed by atoms with van der Waals surface area (Å²) in [5, 5.41) is 5.71. The molecule has 0 saturated heterocycles. The second-order valence-electron chi connectivity index (χ2n) is 26.3. The normalized spacial score (nSPS) is 15.0. The molecular formula is C94H64BN3. The van der Waals surface area contributed by atoms with Gasteiger partial charge in [-0.25, -0.2) is 0 Å². The summed E-state index contributed by atoms with van der Waals surface area (Å²) < 4.78 is 193. The highest BCUT2D eigenvalue weighted by Gasteiger charge is 2.42. The first kappa shape index (κ1) is 40.9. The number of aromatic nitrogens is 3. The maximum absolute atomic E-state index is 11.9. The van der Waals surface area contributed by atoms with Gasteiger partial charge in [-0.15, -0.1) is 0 Å². The molecule has 20 rings (SSSR count). The van der Waals surface area contributed by atoms with Gasteiger partial charge in [0.05, 0.1) is 57.9 Å². The van der Waals surface area contributed by atoms with E-state index in [9.17, 15) is 24.7 Å². The lowest BCUT2D eigenvalue weighted by Crippen LogP contribution is -2.60. The van der Waals surface area contributed by atoms with Crippen molar-refractivity contribution in [3.63, 3.8) is 0 Å². The molecule has 0 bridgehead atoms. The Labute approximate surface area is 594 Å². The number of nitrogens with zero attached hydrogens (tertiary/aromatic N) is 3. The molecule has 0 amide bonds. The Kier molecular flexibility index (Phi) is 9.03. The SMILES string of the molecule is [2H]c1c([2H])c(-c2ccccc2)c([2H])c(-c2c([2H])c3c4c(c2[2H])c2ccccc2c2ccccc2c2cccc(-c5ccccc5)c2n4-c2c([2H])c(C(C)(C)C)c([2H])c4c2B3c2c([2H])c([2H])c(-n3c5c([2H])c([2H])c([2H])c([2H])c5c5c([2H])c([2H])c([2H])c([2H])c53)c3c5ccccc5c5ccccc5c5cccc(-c6ccccc6)c5n-4c23)c1[2H]. The molecule has 98 heavy (non-hydrogen) atoms. The minimum absolute atomic E-state index is 0.000789. The number of hydrogen-bond donors (Lipinski definition) is 0. The van der Waals surface area contributed by atoms with E-state index in [1.54, 1.807) is 30.3 Å². The molecule has 0 unspecified atom stereocenters. The van der Waals surface area contributed by atoms with Crippen LogP contribution in [0.1, 0.15) is 51.0 Å². The van der Waals surface area contributed by atoms with E-state index in [1.165, 1.54) is 4.57 Å². The first-order chi connectivity index (χ1) is 55.9. The van der Waals surface area contributed by atoms with Crippen LogP contribution in [-0.4, -0.2) is 20.4 Å². The van der Waals surface area contributed by atoms with Gasteiger partial charge in [0, 0.05) is 60.3 Å². The second-order valence-corrected chi connectivity index (χ2v) is 26.3. The molecular weight excluding hydrogens is 1180 g/mol. The van der Waals surface area contributed by atoms with Crippen LogP contribution in [0.5, 0.6) is 0 Å². The van der Waals surface area contributed by atoms with Crippen molar-refractivity contribution in [2.45, 2.75) is 26.2 Å². The minimum Gasteiger partial charge on any atom is -0.310 e.